The third kappa shape index (κ3) is 4.31. The van der Waals surface area contributed by atoms with Crippen molar-refractivity contribution in [1.29, 1.82) is 5.41 Å². The van der Waals surface area contributed by atoms with Crippen LogP contribution < -0.4 is 10.5 Å². The van der Waals surface area contributed by atoms with Gasteiger partial charge < -0.3 is 10.5 Å². The zero-order chi connectivity index (χ0) is 13.4. The zero-order valence-electron chi connectivity index (χ0n) is 11.1. The number of hydrogen-bond donors (Lipinski definition) is 2. The normalized spacial score (nSPS) is 12.1. The summed E-state index contributed by atoms with van der Waals surface area (Å²) in [5, 5.41) is 7.41. The standard InChI is InChI=1S/C13H22N4O/c1-3-5-6-10(4-2)9-18-13-11(12(14)15)16-7-8-17-13/h7-8,10H,3-6,9H2,1-2H3,(H3,14,15). The first kappa shape index (κ1) is 14.4. The molecule has 0 amide bonds. The quantitative estimate of drug-likeness (QED) is 0.548. The Morgan fingerprint density at radius 3 is 2.72 bits per heavy atom. The van der Waals surface area contributed by atoms with Crippen LogP contribution in [-0.4, -0.2) is 22.4 Å². The molecule has 1 unspecified atom stereocenters. The van der Waals surface area contributed by atoms with E-state index in [1.54, 1.807) is 6.20 Å². The summed E-state index contributed by atoms with van der Waals surface area (Å²) >= 11 is 0. The van der Waals surface area contributed by atoms with Gasteiger partial charge in [0.25, 0.3) is 0 Å². The lowest BCUT2D eigenvalue weighted by Crippen LogP contribution is -2.18. The Morgan fingerprint density at radius 2 is 2.11 bits per heavy atom. The first-order chi connectivity index (χ1) is 8.69. The fraction of sp³-hybridized carbons (Fsp3) is 0.615. The molecule has 0 saturated carbocycles. The minimum atomic E-state index is -0.111. The van der Waals surface area contributed by atoms with Crippen LogP contribution in [0.2, 0.25) is 0 Å². The van der Waals surface area contributed by atoms with Crippen LogP contribution in [0.1, 0.15) is 45.2 Å². The average molecular weight is 250 g/mol. The molecule has 0 aliphatic carbocycles. The van der Waals surface area contributed by atoms with Crippen LogP contribution in [0, 0.1) is 11.3 Å². The Labute approximate surface area is 108 Å². The van der Waals surface area contributed by atoms with E-state index in [1.165, 1.54) is 19.0 Å². The van der Waals surface area contributed by atoms with Gasteiger partial charge in [-0.05, 0) is 12.3 Å². The zero-order valence-corrected chi connectivity index (χ0v) is 11.1. The summed E-state index contributed by atoms with van der Waals surface area (Å²) in [4.78, 5) is 8.09. The summed E-state index contributed by atoms with van der Waals surface area (Å²) in [5.41, 5.74) is 5.76. The first-order valence-electron chi connectivity index (χ1n) is 6.47. The predicted molar refractivity (Wildman–Crippen MR) is 71.8 cm³/mol. The van der Waals surface area contributed by atoms with E-state index in [9.17, 15) is 0 Å². The van der Waals surface area contributed by atoms with E-state index in [0.29, 0.717) is 24.1 Å². The van der Waals surface area contributed by atoms with E-state index in [-0.39, 0.29) is 5.84 Å². The third-order valence-electron chi connectivity index (χ3n) is 2.92. The van der Waals surface area contributed by atoms with Crippen LogP contribution in [0.5, 0.6) is 5.88 Å². The number of rotatable bonds is 8. The fourth-order valence-electron chi connectivity index (χ4n) is 1.71. The van der Waals surface area contributed by atoms with Crippen molar-refractivity contribution in [3.05, 3.63) is 18.1 Å². The molecule has 3 N–H and O–H groups in total. The van der Waals surface area contributed by atoms with Crippen molar-refractivity contribution in [3.8, 4) is 5.88 Å². The molecule has 1 atom stereocenters. The average Bonchev–Trinajstić information content (AvgIpc) is 2.39. The molecule has 0 aromatic carbocycles. The number of nitrogens with two attached hydrogens (primary N) is 1. The molecule has 1 heterocycles. The molecule has 0 spiro atoms. The van der Waals surface area contributed by atoms with Gasteiger partial charge in [0.2, 0.25) is 5.88 Å². The van der Waals surface area contributed by atoms with Gasteiger partial charge in [0.1, 0.15) is 5.84 Å². The van der Waals surface area contributed by atoms with Crippen molar-refractivity contribution in [3.63, 3.8) is 0 Å². The molecule has 0 bridgehead atoms. The van der Waals surface area contributed by atoms with Gasteiger partial charge in [-0.25, -0.2) is 9.97 Å². The predicted octanol–water partition coefficient (Wildman–Crippen LogP) is 2.36. The maximum atomic E-state index is 7.41. The smallest absolute Gasteiger partial charge is 0.243 e. The summed E-state index contributed by atoms with van der Waals surface area (Å²) in [6.07, 6.45) is 7.70. The van der Waals surface area contributed by atoms with Gasteiger partial charge in [0.15, 0.2) is 5.69 Å². The molecule has 100 valence electrons. The van der Waals surface area contributed by atoms with Gasteiger partial charge in [0.05, 0.1) is 6.61 Å². The van der Waals surface area contributed by atoms with Crippen LogP contribution >= 0.6 is 0 Å². The highest BCUT2D eigenvalue weighted by Gasteiger charge is 2.12. The van der Waals surface area contributed by atoms with E-state index < -0.39 is 0 Å². The molecule has 0 radical (unpaired) electrons. The van der Waals surface area contributed by atoms with Crippen LogP contribution in [0.25, 0.3) is 0 Å². The second kappa shape index (κ2) is 7.63. The molecular weight excluding hydrogens is 228 g/mol. The second-order valence-corrected chi connectivity index (χ2v) is 4.35. The van der Waals surface area contributed by atoms with E-state index in [0.717, 1.165) is 12.8 Å². The number of amidine groups is 1. The van der Waals surface area contributed by atoms with E-state index in [4.69, 9.17) is 15.9 Å². The van der Waals surface area contributed by atoms with Gasteiger partial charge in [-0.1, -0.05) is 33.1 Å². The van der Waals surface area contributed by atoms with Crippen molar-refractivity contribution >= 4 is 5.84 Å². The molecule has 0 fully saturated rings. The minimum absolute atomic E-state index is 0.111. The Morgan fingerprint density at radius 1 is 1.39 bits per heavy atom. The highest BCUT2D eigenvalue weighted by atomic mass is 16.5. The lowest BCUT2D eigenvalue weighted by molar-refractivity contribution is 0.224. The Bertz CT molecular complexity index is 381. The molecule has 18 heavy (non-hydrogen) atoms. The van der Waals surface area contributed by atoms with Crippen LogP contribution in [0.15, 0.2) is 12.4 Å². The lowest BCUT2D eigenvalue weighted by Gasteiger charge is -2.15. The van der Waals surface area contributed by atoms with Crippen LogP contribution in [-0.2, 0) is 0 Å². The Balaban J connectivity index is 2.59. The van der Waals surface area contributed by atoms with E-state index in [1.807, 2.05) is 0 Å². The van der Waals surface area contributed by atoms with Gasteiger partial charge in [0, 0.05) is 12.4 Å². The van der Waals surface area contributed by atoms with Crippen LogP contribution in [0.4, 0.5) is 0 Å². The largest absolute Gasteiger partial charge is 0.476 e. The maximum Gasteiger partial charge on any atom is 0.243 e. The monoisotopic (exact) mass is 250 g/mol. The molecule has 0 aliphatic heterocycles. The van der Waals surface area contributed by atoms with Gasteiger partial charge >= 0.3 is 0 Å². The number of ether oxygens (including phenoxy) is 1. The topological polar surface area (TPSA) is 84.9 Å². The highest BCUT2D eigenvalue weighted by molar-refractivity contribution is 5.94. The van der Waals surface area contributed by atoms with Crippen molar-refractivity contribution < 1.29 is 4.74 Å². The first-order valence-corrected chi connectivity index (χ1v) is 6.47. The van der Waals surface area contributed by atoms with Gasteiger partial charge in [-0.15, -0.1) is 0 Å². The lowest BCUT2D eigenvalue weighted by atomic mass is 10.0. The summed E-state index contributed by atoms with van der Waals surface area (Å²) in [7, 11) is 0. The Kier molecular flexibility index (Phi) is 6.11. The molecule has 1 rings (SSSR count). The van der Waals surface area contributed by atoms with Gasteiger partial charge in [-0.3, -0.25) is 5.41 Å². The number of unbranched alkanes of at least 4 members (excludes halogenated alkanes) is 1. The third-order valence-corrected chi connectivity index (χ3v) is 2.92. The molecule has 1 aromatic heterocycles. The number of nitrogens with one attached hydrogen (secondary N) is 1. The van der Waals surface area contributed by atoms with E-state index >= 15 is 0 Å². The number of aromatic nitrogens is 2. The second-order valence-electron chi connectivity index (χ2n) is 4.35. The SMILES string of the molecule is CCCCC(CC)COc1nccnc1C(=N)N. The Hall–Kier alpha value is -1.65. The summed E-state index contributed by atoms with van der Waals surface area (Å²) in [5.74, 6) is 0.770. The van der Waals surface area contributed by atoms with Gasteiger partial charge in [-0.2, -0.15) is 0 Å². The number of nitrogens with zero attached hydrogens (tertiary/aromatic N) is 2. The van der Waals surface area contributed by atoms with Crippen molar-refractivity contribution in [2.24, 2.45) is 11.7 Å². The maximum absolute atomic E-state index is 7.41. The number of nitrogen functional groups attached to an aromatic ring is 1. The molecule has 0 aliphatic rings. The molecule has 0 saturated heterocycles. The number of hydrogen-bond acceptors (Lipinski definition) is 4. The fourth-order valence-corrected chi connectivity index (χ4v) is 1.71. The summed E-state index contributed by atoms with van der Waals surface area (Å²) in [6.45, 7) is 4.95. The van der Waals surface area contributed by atoms with Crippen molar-refractivity contribution in [2.75, 3.05) is 6.61 Å². The molecule has 5 nitrogen and oxygen atoms in total. The summed E-state index contributed by atoms with van der Waals surface area (Å²) < 4.78 is 5.65. The van der Waals surface area contributed by atoms with E-state index in [2.05, 4.69) is 23.8 Å². The highest BCUT2D eigenvalue weighted by Crippen LogP contribution is 2.16. The molecule has 1 aromatic rings. The molecule has 5 heteroatoms. The van der Waals surface area contributed by atoms with Crippen LogP contribution in [0.3, 0.4) is 0 Å². The summed E-state index contributed by atoms with van der Waals surface area (Å²) in [6, 6.07) is 0. The van der Waals surface area contributed by atoms with Crippen molar-refractivity contribution in [2.45, 2.75) is 39.5 Å². The van der Waals surface area contributed by atoms with Crippen molar-refractivity contribution in [1.82, 2.24) is 9.97 Å². The minimum Gasteiger partial charge on any atom is -0.476 e. The molecular formula is C13H22N4O.